The van der Waals surface area contributed by atoms with Crippen LogP contribution < -0.4 is 4.74 Å². The van der Waals surface area contributed by atoms with Crippen molar-refractivity contribution in [2.24, 2.45) is 0 Å². The van der Waals surface area contributed by atoms with Crippen LogP contribution in [0.2, 0.25) is 0 Å². The Morgan fingerprint density at radius 3 is 2.30 bits per heavy atom. The number of carbonyl (C=O) groups excluding carboxylic acids is 1. The molecule has 5 nitrogen and oxygen atoms in total. The summed E-state index contributed by atoms with van der Waals surface area (Å²) in [7, 11) is 2.97. The lowest BCUT2D eigenvalue weighted by atomic mass is 10.1. The average molecular weight is 308 g/mol. The van der Waals surface area contributed by atoms with Crippen LogP contribution in [0.4, 0.5) is 0 Å². The van der Waals surface area contributed by atoms with Crippen molar-refractivity contribution in [1.82, 2.24) is 9.78 Å². The molecule has 23 heavy (non-hydrogen) atoms. The molecule has 0 fully saturated rings. The van der Waals surface area contributed by atoms with Gasteiger partial charge in [0.05, 0.1) is 25.6 Å². The number of methoxy groups -OCH3 is 2. The number of aromatic nitrogens is 2. The van der Waals surface area contributed by atoms with Gasteiger partial charge >= 0.3 is 5.97 Å². The van der Waals surface area contributed by atoms with Gasteiger partial charge in [-0.15, -0.1) is 0 Å². The van der Waals surface area contributed by atoms with E-state index >= 15 is 0 Å². The molecule has 0 aliphatic heterocycles. The Hall–Kier alpha value is -3.08. The van der Waals surface area contributed by atoms with Gasteiger partial charge < -0.3 is 9.47 Å². The summed E-state index contributed by atoms with van der Waals surface area (Å²) in [5, 5.41) is 4.38. The van der Waals surface area contributed by atoms with E-state index < -0.39 is 5.97 Å². The molecule has 0 radical (unpaired) electrons. The molecular formula is C18H16N2O3. The Bertz CT molecular complexity index is 808. The number of rotatable bonds is 4. The summed E-state index contributed by atoms with van der Waals surface area (Å²) >= 11 is 0. The predicted molar refractivity (Wildman–Crippen MR) is 86.9 cm³/mol. The quantitative estimate of drug-likeness (QED) is 0.694. The van der Waals surface area contributed by atoms with Gasteiger partial charge in [0.25, 0.3) is 0 Å². The third-order valence-electron chi connectivity index (χ3n) is 3.49. The molecule has 5 heteroatoms. The minimum Gasteiger partial charge on any atom is -0.497 e. The molecule has 116 valence electrons. The minimum atomic E-state index is -0.463. The SMILES string of the molecule is COC(=O)c1cc(-c2ccc(OC)cc2)n(-c2ccccc2)n1. The summed E-state index contributed by atoms with van der Waals surface area (Å²) in [4.78, 5) is 11.8. The van der Waals surface area contributed by atoms with E-state index in [1.807, 2.05) is 54.6 Å². The summed E-state index contributed by atoms with van der Waals surface area (Å²) < 4.78 is 11.7. The summed E-state index contributed by atoms with van der Waals surface area (Å²) in [6, 6.07) is 19.0. The first-order valence-electron chi connectivity index (χ1n) is 7.11. The molecule has 0 atom stereocenters. The van der Waals surface area contributed by atoms with Crippen LogP contribution in [0.15, 0.2) is 60.7 Å². The Morgan fingerprint density at radius 1 is 1.00 bits per heavy atom. The lowest BCUT2D eigenvalue weighted by Crippen LogP contribution is -2.04. The number of hydrogen-bond acceptors (Lipinski definition) is 4. The van der Waals surface area contributed by atoms with Gasteiger partial charge in [-0.2, -0.15) is 5.10 Å². The van der Waals surface area contributed by atoms with Crippen LogP contribution in [0.1, 0.15) is 10.5 Å². The lowest BCUT2D eigenvalue weighted by Gasteiger charge is -2.08. The van der Waals surface area contributed by atoms with E-state index in [0.29, 0.717) is 0 Å². The molecule has 0 spiro atoms. The van der Waals surface area contributed by atoms with Gasteiger partial charge in [0.2, 0.25) is 0 Å². The molecule has 0 saturated heterocycles. The van der Waals surface area contributed by atoms with Crippen LogP contribution in [0.25, 0.3) is 16.9 Å². The number of esters is 1. The molecule has 3 rings (SSSR count). The fourth-order valence-corrected chi connectivity index (χ4v) is 2.32. The highest BCUT2D eigenvalue weighted by Gasteiger charge is 2.17. The van der Waals surface area contributed by atoms with Crippen LogP contribution in [0.5, 0.6) is 5.75 Å². The molecule has 0 aliphatic carbocycles. The van der Waals surface area contributed by atoms with Gasteiger partial charge in [-0.25, -0.2) is 9.48 Å². The number of nitrogens with zero attached hydrogens (tertiary/aromatic N) is 2. The third kappa shape index (κ3) is 2.94. The van der Waals surface area contributed by atoms with Gasteiger partial charge in [-0.3, -0.25) is 0 Å². The third-order valence-corrected chi connectivity index (χ3v) is 3.49. The summed E-state index contributed by atoms with van der Waals surface area (Å²) in [6.45, 7) is 0. The second-order valence-electron chi connectivity index (χ2n) is 4.88. The maximum Gasteiger partial charge on any atom is 0.358 e. The number of carbonyl (C=O) groups is 1. The molecule has 0 aliphatic rings. The van der Waals surface area contributed by atoms with Crippen LogP contribution in [0, 0.1) is 0 Å². The Morgan fingerprint density at radius 2 is 1.70 bits per heavy atom. The standard InChI is InChI=1S/C18H16N2O3/c1-22-15-10-8-13(9-11-15)17-12-16(18(21)23-2)19-20(17)14-6-4-3-5-7-14/h3-12H,1-2H3. The molecule has 0 N–H and O–H groups in total. The van der Waals surface area contributed by atoms with Crippen molar-refractivity contribution >= 4 is 5.97 Å². The molecule has 2 aromatic carbocycles. The van der Waals surface area contributed by atoms with Crippen molar-refractivity contribution in [3.05, 3.63) is 66.4 Å². The van der Waals surface area contributed by atoms with Crippen molar-refractivity contribution in [1.29, 1.82) is 0 Å². The zero-order valence-corrected chi connectivity index (χ0v) is 12.9. The summed E-state index contributed by atoms with van der Waals surface area (Å²) in [5.41, 5.74) is 2.87. The first-order chi connectivity index (χ1) is 11.2. The van der Waals surface area contributed by atoms with E-state index in [9.17, 15) is 4.79 Å². The first kappa shape index (κ1) is 14.8. The molecule has 3 aromatic rings. The lowest BCUT2D eigenvalue weighted by molar-refractivity contribution is 0.0593. The Balaban J connectivity index is 2.13. The highest BCUT2D eigenvalue weighted by atomic mass is 16.5. The van der Waals surface area contributed by atoms with Gasteiger partial charge in [0.15, 0.2) is 5.69 Å². The van der Waals surface area contributed by atoms with Crippen molar-refractivity contribution in [3.63, 3.8) is 0 Å². The number of hydrogen-bond donors (Lipinski definition) is 0. The van der Waals surface area contributed by atoms with Crippen molar-refractivity contribution < 1.29 is 14.3 Å². The zero-order valence-electron chi connectivity index (χ0n) is 12.9. The highest BCUT2D eigenvalue weighted by molar-refractivity contribution is 5.89. The summed E-state index contributed by atoms with van der Waals surface area (Å²) in [5.74, 6) is 0.308. The summed E-state index contributed by atoms with van der Waals surface area (Å²) in [6.07, 6.45) is 0. The van der Waals surface area contributed by atoms with Crippen LogP contribution in [-0.2, 0) is 4.74 Å². The predicted octanol–water partition coefficient (Wildman–Crippen LogP) is 3.33. The normalized spacial score (nSPS) is 10.3. The molecule has 1 aromatic heterocycles. The van der Waals surface area contributed by atoms with E-state index in [2.05, 4.69) is 5.10 Å². The maximum absolute atomic E-state index is 11.8. The van der Waals surface area contributed by atoms with Gasteiger partial charge in [-0.05, 0) is 42.5 Å². The van der Waals surface area contributed by atoms with Gasteiger partial charge in [0, 0.05) is 5.56 Å². The fourth-order valence-electron chi connectivity index (χ4n) is 2.32. The van der Waals surface area contributed by atoms with E-state index in [-0.39, 0.29) is 5.69 Å². The van der Waals surface area contributed by atoms with Crippen molar-refractivity contribution in [2.75, 3.05) is 14.2 Å². The molecule has 0 saturated carbocycles. The Kier molecular flexibility index (Phi) is 4.10. The topological polar surface area (TPSA) is 53.4 Å². The minimum absolute atomic E-state index is 0.266. The zero-order chi connectivity index (χ0) is 16.2. The van der Waals surface area contributed by atoms with Crippen LogP contribution in [-0.4, -0.2) is 30.0 Å². The highest BCUT2D eigenvalue weighted by Crippen LogP contribution is 2.26. The molecule has 0 amide bonds. The smallest absolute Gasteiger partial charge is 0.358 e. The van der Waals surface area contributed by atoms with E-state index in [1.165, 1.54) is 7.11 Å². The van der Waals surface area contributed by atoms with Crippen LogP contribution >= 0.6 is 0 Å². The number of benzene rings is 2. The molecule has 0 bridgehead atoms. The largest absolute Gasteiger partial charge is 0.497 e. The number of ether oxygens (including phenoxy) is 2. The maximum atomic E-state index is 11.8. The average Bonchev–Trinajstić information content (AvgIpc) is 3.07. The second-order valence-corrected chi connectivity index (χ2v) is 4.88. The fraction of sp³-hybridized carbons (Fsp3) is 0.111. The van der Waals surface area contributed by atoms with Crippen LogP contribution in [0.3, 0.4) is 0 Å². The van der Waals surface area contributed by atoms with Crippen molar-refractivity contribution in [2.45, 2.75) is 0 Å². The Labute approximate surface area is 134 Å². The van der Waals surface area contributed by atoms with E-state index in [0.717, 1.165) is 22.7 Å². The number of para-hydroxylation sites is 1. The monoisotopic (exact) mass is 308 g/mol. The van der Waals surface area contributed by atoms with Gasteiger partial charge in [0.1, 0.15) is 5.75 Å². The van der Waals surface area contributed by atoms with E-state index in [1.54, 1.807) is 17.9 Å². The molecular weight excluding hydrogens is 292 g/mol. The molecule has 1 heterocycles. The van der Waals surface area contributed by atoms with Crippen molar-refractivity contribution in [3.8, 4) is 22.7 Å². The van der Waals surface area contributed by atoms with E-state index in [4.69, 9.17) is 9.47 Å². The first-order valence-corrected chi connectivity index (χ1v) is 7.11. The molecule has 0 unspecified atom stereocenters. The second kappa shape index (κ2) is 6.36. The van der Waals surface area contributed by atoms with Gasteiger partial charge in [-0.1, -0.05) is 18.2 Å².